The van der Waals surface area contributed by atoms with E-state index >= 15 is 0 Å². The van der Waals surface area contributed by atoms with Gasteiger partial charge in [0.25, 0.3) is 5.91 Å². The van der Waals surface area contributed by atoms with Crippen LogP contribution in [0.3, 0.4) is 0 Å². The third-order valence-corrected chi connectivity index (χ3v) is 7.06. The van der Waals surface area contributed by atoms with E-state index in [-0.39, 0.29) is 43.6 Å². The Labute approximate surface area is 203 Å². The first-order valence-electron chi connectivity index (χ1n) is 10.5. The average molecular weight is 495 g/mol. The molecular weight excluding hydrogens is 466 g/mol. The summed E-state index contributed by atoms with van der Waals surface area (Å²) in [4.78, 5) is 42.0. The van der Waals surface area contributed by atoms with Crippen LogP contribution in [-0.2, 0) is 20.8 Å². The lowest BCUT2D eigenvalue weighted by molar-refractivity contribution is -0.153. The summed E-state index contributed by atoms with van der Waals surface area (Å²) < 4.78 is 0. The number of fused-ring (bicyclic) bond motifs is 3. The number of phenolic OH excluding ortho intramolecular Hbond substituents is 1. The van der Waals surface area contributed by atoms with Gasteiger partial charge < -0.3 is 31.1 Å². The highest BCUT2D eigenvalue weighted by Crippen LogP contribution is 2.53. The molecule has 6 N–H and O–H groups in total. The molecule has 1 aromatic carbocycles. The number of phenols is 1. The van der Waals surface area contributed by atoms with Gasteiger partial charge >= 0.3 is 1.43 Å². The van der Waals surface area contributed by atoms with Crippen molar-refractivity contribution < 1.29 is 36.2 Å². The van der Waals surface area contributed by atoms with Crippen LogP contribution in [0.1, 0.15) is 19.0 Å². The Morgan fingerprint density at radius 1 is 1.15 bits per heavy atom. The van der Waals surface area contributed by atoms with Crippen molar-refractivity contribution >= 4 is 41.3 Å². The average Bonchev–Trinajstić information content (AvgIpc) is 2.70. The molecule has 34 heavy (non-hydrogen) atoms. The predicted octanol–water partition coefficient (Wildman–Crippen LogP) is 0.564. The van der Waals surface area contributed by atoms with Gasteiger partial charge in [-0.15, -0.1) is 12.4 Å². The number of halogens is 1. The monoisotopic (exact) mass is 494 g/mol. The van der Waals surface area contributed by atoms with Crippen molar-refractivity contribution in [1.82, 2.24) is 4.90 Å². The van der Waals surface area contributed by atoms with Gasteiger partial charge in [0.15, 0.2) is 11.4 Å². The molecule has 0 unspecified atom stereocenters. The number of carbonyl (C=O) groups is 3. The standard InChI is InChI=1S/C23H27N3O7.ClH/c1-25(2)12-5-6-13(27)15-10(12)7-9-8-11-17(26(3)4)19(29)16(22(24)32)21(31)23(11,33)20(30)14(9)18(15)28;/h5-6,9,11,17,27-28,31,33H,7-8H2,1-4H3,(H2,24,32);1H/p+1/t9-,11-,17-,23-;/m0./s1. The molecule has 0 heterocycles. The minimum absolute atomic E-state index is 0. The summed E-state index contributed by atoms with van der Waals surface area (Å²) in [6, 6.07) is 2.01. The van der Waals surface area contributed by atoms with Crippen molar-refractivity contribution in [3.8, 4) is 5.75 Å². The molecule has 1 amide bonds. The van der Waals surface area contributed by atoms with Crippen LogP contribution in [0, 0.1) is 11.8 Å². The molecule has 11 heteroatoms. The number of aromatic hydroxyl groups is 1. The van der Waals surface area contributed by atoms with E-state index in [1.54, 1.807) is 20.2 Å². The summed E-state index contributed by atoms with van der Waals surface area (Å²) in [5.41, 5.74) is 3.15. The quantitative estimate of drug-likeness (QED) is 0.377. The van der Waals surface area contributed by atoms with Gasteiger partial charge in [0.05, 0.1) is 11.6 Å². The van der Waals surface area contributed by atoms with E-state index in [9.17, 15) is 34.8 Å². The fraction of sp³-hybridized carbons (Fsp3) is 0.435. The van der Waals surface area contributed by atoms with Crippen LogP contribution in [-0.4, -0.2) is 82.6 Å². The van der Waals surface area contributed by atoms with Gasteiger partial charge in [-0.2, -0.15) is 0 Å². The summed E-state index contributed by atoms with van der Waals surface area (Å²) in [5, 5.41) is 43.9. The number of aliphatic hydroxyl groups is 3. The van der Waals surface area contributed by atoms with E-state index in [1.807, 2.05) is 19.0 Å². The molecule has 184 valence electrons. The number of Topliss-reactive ketones (excluding diaryl/α,β-unsaturated/α-hetero) is 2. The predicted molar refractivity (Wildman–Crippen MR) is 127 cm³/mol. The Balaban J connectivity index is 0.00000216. The number of nitrogens with zero attached hydrogens (tertiary/aromatic N) is 2. The lowest BCUT2D eigenvalue weighted by atomic mass is 9.57. The van der Waals surface area contributed by atoms with Crippen LogP contribution in [0.15, 0.2) is 29.0 Å². The van der Waals surface area contributed by atoms with Crippen molar-refractivity contribution in [1.29, 1.82) is 0 Å². The zero-order chi connectivity index (χ0) is 24.6. The summed E-state index contributed by atoms with van der Waals surface area (Å²) in [6.07, 6.45) is 0.324. The Morgan fingerprint density at radius 2 is 1.76 bits per heavy atom. The van der Waals surface area contributed by atoms with Gasteiger partial charge in [0.1, 0.15) is 22.8 Å². The highest BCUT2D eigenvalue weighted by molar-refractivity contribution is 6.24. The van der Waals surface area contributed by atoms with Gasteiger partial charge in [-0.1, -0.05) is 0 Å². The molecule has 3 aliphatic carbocycles. The number of aliphatic hydroxyl groups excluding tert-OH is 2. The van der Waals surface area contributed by atoms with Crippen molar-refractivity contribution in [3.05, 3.63) is 40.2 Å². The summed E-state index contributed by atoms with van der Waals surface area (Å²) >= 11 is 0. The van der Waals surface area contributed by atoms with E-state index in [2.05, 4.69) is 0 Å². The first kappa shape index (κ1) is 25.5. The number of primary amides is 1. The zero-order valence-electron chi connectivity index (χ0n) is 20.2. The number of hydrogen-bond donors (Lipinski definition) is 5. The van der Waals surface area contributed by atoms with E-state index in [0.29, 0.717) is 5.56 Å². The molecule has 1 aromatic rings. The Bertz CT molecular complexity index is 1180. The molecule has 10 nitrogen and oxygen atoms in total. The molecule has 0 spiro atoms. The Kier molecular flexibility index (Phi) is 6.23. The van der Waals surface area contributed by atoms with Crippen LogP contribution in [0.2, 0.25) is 0 Å². The highest BCUT2D eigenvalue weighted by atomic mass is 35.5. The van der Waals surface area contributed by atoms with Crippen molar-refractivity contribution in [2.24, 2.45) is 17.6 Å². The van der Waals surface area contributed by atoms with E-state index in [1.165, 1.54) is 11.0 Å². The fourth-order valence-electron chi connectivity index (χ4n) is 5.65. The topological polar surface area (TPSA) is 165 Å². The second kappa shape index (κ2) is 8.30. The van der Waals surface area contributed by atoms with Gasteiger partial charge in [-0.3, -0.25) is 19.3 Å². The number of rotatable bonds is 3. The zero-order valence-corrected chi connectivity index (χ0v) is 20.0. The fourth-order valence-corrected chi connectivity index (χ4v) is 5.65. The minimum atomic E-state index is -2.63. The minimum Gasteiger partial charge on any atom is -0.508 e. The maximum atomic E-state index is 13.7. The first-order chi connectivity index (χ1) is 15.3. The lowest BCUT2D eigenvalue weighted by Crippen LogP contribution is -2.65. The molecule has 0 saturated heterocycles. The van der Waals surface area contributed by atoms with Gasteiger partial charge in [0.2, 0.25) is 5.78 Å². The third-order valence-electron chi connectivity index (χ3n) is 7.06. The van der Waals surface area contributed by atoms with Crippen molar-refractivity contribution in [3.63, 3.8) is 0 Å². The largest absolute Gasteiger partial charge is 1.00 e. The van der Waals surface area contributed by atoms with Gasteiger partial charge in [0, 0.05) is 31.3 Å². The summed E-state index contributed by atoms with van der Waals surface area (Å²) in [7, 11) is 6.75. The maximum Gasteiger partial charge on any atom is 1.00 e. The third kappa shape index (κ3) is 3.20. The van der Waals surface area contributed by atoms with Crippen LogP contribution in [0.5, 0.6) is 5.75 Å². The molecule has 0 radical (unpaired) electrons. The van der Waals surface area contributed by atoms with Crippen LogP contribution >= 0.6 is 12.4 Å². The number of ketones is 2. The highest BCUT2D eigenvalue weighted by Gasteiger charge is 2.64. The summed E-state index contributed by atoms with van der Waals surface area (Å²) in [6.45, 7) is 0. The summed E-state index contributed by atoms with van der Waals surface area (Å²) in [5.74, 6) is -6.54. The number of carbonyl (C=O) groups excluding carboxylic acids is 3. The number of likely N-dealkylation sites (N-methyl/N-ethyl adjacent to an activating group) is 1. The molecule has 4 rings (SSSR count). The molecule has 1 fully saturated rings. The number of hydrogen-bond acceptors (Lipinski definition) is 9. The molecule has 3 aliphatic rings. The molecule has 0 aliphatic heterocycles. The van der Waals surface area contributed by atoms with Crippen LogP contribution in [0.4, 0.5) is 5.69 Å². The van der Waals surface area contributed by atoms with Crippen molar-refractivity contribution in [2.45, 2.75) is 24.5 Å². The van der Waals surface area contributed by atoms with E-state index < -0.39 is 58.0 Å². The lowest BCUT2D eigenvalue weighted by Gasteiger charge is -2.50. The molecular formula is C23H29ClN3O7+. The molecule has 0 bridgehead atoms. The van der Waals surface area contributed by atoms with E-state index in [0.717, 1.165) is 5.69 Å². The number of anilines is 1. The van der Waals surface area contributed by atoms with E-state index in [4.69, 9.17) is 5.73 Å². The normalized spacial score (nSPS) is 28.2. The number of amides is 1. The van der Waals surface area contributed by atoms with Crippen molar-refractivity contribution in [2.75, 3.05) is 33.1 Å². The number of nitrogens with two attached hydrogens (primary N) is 1. The Morgan fingerprint density at radius 3 is 2.29 bits per heavy atom. The number of benzene rings is 1. The maximum absolute atomic E-state index is 13.7. The van der Waals surface area contributed by atoms with Gasteiger partial charge in [-0.25, -0.2) is 0 Å². The van der Waals surface area contributed by atoms with Gasteiger partial charge in [-0.05, 0) is 50.6 Å². The van der Waals surface area contributed by atoms with Crippen LogP contribution in [0.25, 0.3) is 5.76 Å². The second-order valence-corrected chi connectivity index (χ2v) is 9.31. The Hall–Kier alpha value is -3.08. The SMILES string of the molecule is CN(C)c1ccc(O)c2c1C[C@H]1C[C@H]3[C@H](N(C)C)C(=O)C(C(N)=O)=C(O)[C@@]3(O)C(=O)C1=C2O.Cl.[H+]. The first-order valence-corrected chi connectivity index (χ1v) is 10.5. The smallest absolute Gasteiger partial charge is 0.508 e. The second-order valence-electron chi connectivity index (χ2n) is 9.31. The molecule has 4 atom stereocenters. The molecule has 1 saturated carbocycles. The van der Waals surface area contributed by atoms with Crippen LogP contribution < -0.4 is 10.6 Å². The molecule has 0 aromatic heterocycles.